The van der Waals surface area contributed by atoms with Gasteiger partial charge in [0.2, 0.25) is 0 Å². The average Bonchev–Trinajstić information content (AvgIpc) is 2.76. The zero-order chi connectivity index (χ0) is 20.1. The molecule has 4 rings (SSSR count). The number of benzene rings is 1. The fraction of sp³-hybridized carbons (Fsp3) is 0.522. The normalized spacial score (nSPS) is 16.8. The van der Waals surface area contributed by atoms with E-state index < -0.39 is 0 Å². The van der Waals surface area contributed by atoms with E-state index in [9.17, 15) is 0 Å². The smallest absolute Gasteiger partial charge is 0.173 e. The minimum atomic E-state index is 0.645. The van der Waals surface area contributed by atoms with Gasteiger partial charge in [0.25, 0.3) is 0 Å². The summed E-state index contributed by atoms with van der Waals surface area (Å²) in [7, 11) is 0. The lowest BCUT2D eigenvalue weighted by molar-refractivity contribution is 0.236. The molecule has 1 aromatic heterocycles. The summed E-state index contributed by atoms with van der Waals surface area (Å²) in [6.45, 7) is 8.90. The zero-order valence-electron chi connectivity index (χ0n) is 17.5. The van der Waals surface area contributed by atoms with Crippen molar-refractivity contribution in [2.45, 2.75) is 52.6 Å². The molecule has 3 heterocycles. The van der Waals surface area contributed by atoms with Crippen molar-refractivity contribution in [3.63, 3.8) is 0 Å². The van der Waals surface area contributed by atoms with Crippen molar-refractivity contribution in [3.8, 4) is 11.5 Å². The summed E-state index contributed by atoms with van der Waals surface area (Å²) < 4.78 is 11.5. The van der Waals surface area contributed by atoms with Crippen LogP contribution in [-0.2, 0) is 19.5 Å². The molecule has 0 bridgehead atoms. The molecule has 0 saturated carbocycles. The summed E-state index contributed by atoms with van der Waals surface area (Å²) in [5.74, 6) is 2.60. The highest BCUT2D eigenvalue weighted by Gasteiger charge is 2.21. The third-order valence-corrected chi connectivity index (χ3v) is 5.44. The Morgan fingerprint density at radius 3 is 2.76 bits per heavy atom. The highest BCUT2D eigenvalue weighted by Crippen LogP contribution is 2.28. The molecule has 2 aliphatic rings. The molecule has 0 amide bonds. The summed E-state index contributed by atoms with van der Waals surface area (Å²) in [5, 5.41) is 0. The first-order chi connectivity index (χ1) is 14.3. The topological polar surface area (TPSA) is 59.8 Å². The van der Waals surface area contributed by atoms with Crippen molar-refractivity contribution in [1.29, 1.82) is 0 Å². The molecule has 0 saturated heterocycles. The summed E-state index contributed by atoms with van der Waals surface area (Å²) in [4.78, 5) is 16.5. The lowest BCUT2D eigenvalue weighted by atomic mass is 10.0. The van der Waals surface area contributed by atoms with E-state index in [1.54, 1.807) is 0 Å². The third-order valence-electron chi connectivity index (χ3n) is 5.44. The molecule has 6 heteroatoms. The van der Waals surface area contributed by atoms with Gasteiger partial charge in [-0.25, -0.2) is 9.97 Å². The van der Waals surface area contributed by atoms with Crippen molar-refractivity contribution >= 4 is 5.71 Å². The van der Waals surface area contributed by atoms with Crippen LogP contribution < -0.4 is 9.47 Å². The van der Waals surface area contributed by atoms with Gasteiger partial charge in [-0.1, -0.05) is 6.07 Å². The van der Waals surface area contributed by atoms with Crippen LogP contribution in [0, 0.1) is 0 Å². The molecular formula is C23H30N4O2. The number of fused-ring (bicyclic) bond motifs is 1. The summed E-state index contributed by atoms with van der Waals surface area (Å²) in [6.07, 6.45) is 6.32. The van der Waals surface area contributed by atoms with Crippen molar-refractivity contribution in [2.24, 2.45) is 4.99 Å². The Morgan fingerprint density at radius 1 is 1.07 bits per heavy atom. The SMILES string of the molecule is CCOc1ccc(CN2CCc3nc(C4=NCCCC4)ncc3C2)c(OCC)c1. The van der Waals surface area contributed by atoms with Gasteiger partial charge in [0.15, 0.2) is 5.82 Å². The van der Waals surface area contributed by atoms with Gasteiger partial charge in [-0.15, -0.1) is 0 Å². The Balaban J connectivity index is 1.47. The quantitative estimate of drug-likeness (QED) is 0.715. The monoisotopic (exact) mass is 394 g/mol. The summed E-state index contributed by atoms with van der Waals surface area (Å²) >= 11 is 0. The number of rotatable bonds is 7. The van der Waals surface area contributed by atoms with E-state index in [0.29, 0.717) is 13.2 Å². The lowest BCUT2D eigenvalue weighted by Gasteiger charge is -2.29. The molecule has 0 atom stereocenters. The van der Waals surface area contributed by atoms with Crippen LogP contribution >= 0.6 is 0 Å². The second-order valence-corrected chi connectivity index (χ2v) is 7.55. The van der Waals surface area contributed by atoms with E-state index >= 15 is 0 Å². The van der Waals surface area contributed by atoms with E-state index in [4.69, 9.17) is 14.5 Å². The number of nitrogens with zero attached hydrogens (tertiary/aromatic N) is 4. The van der Waals surface area contributed by atoms with Crippen LogP contribution in [0.4, 0.5) is 0 Å². The Labute approximate surface area is 173 Å². The lowest BCUT2D eigenvalue weighted by Crippen LogP contribution is -2.31. The van der Waals surface area contributed by atoms with Crippen LogP contribution in [-0.4, -0.2) is 46.9 Å². The van der Waals surface area contributed by atoms with Gasteiger partial charge in [0, 0.05) is 56.0 Å². The molecule has 154 valence electrons. The van der Waals surface area contributed by atoms with E-state index in [1.807, 2.05) is 32.2 Å². The molecule has 0 unspecified atom stereocenters. The molecule has 2 aromatic rings. The predicted molar refractivity (Wildman–Crippen MR) is 114 cm³/mol. The summed E-state index contributed by atoms with van der Waals surface area (Å²) in [5.41, 5.74) is 4.67. The molecule has 0 radical (unpaired) electrons. The number of aromatic nitrogens is 2. The molecule has 6 nitrogen and oxygen atoms in total. The Hall–Kier alpha value is -2.47. The van der Waals surface area contributed by atoms with Gasteiger partial charge in [0.1, 0.15) is 11.5 Å². The van der Waals surface area contributed by atoms with Crippen LogP contribution in [0.1, 0.15) is 55.8 Å². The first-order valence-corrected chi connectivity index (χ1v) is 10.8. The van der Waals surface area contributed by atoms with Crippen molar-refractivity contribution in [2.75, 3.05) is 26.3 Å². The number of hydrogen-bond donors (Lipinski definition) is 0. The van der Waals surface area contributed by atoms with Gasteiger partial charge in [-0.05, 0) is 39.2 Å². The van der Waals surface area contributed by atoms with Crippen molar-refractivity contribution < 1.29 is 9.47 Å². The maximum atomic E-state index is 5.87. The van der Waals surface area contributed by atoms with Gasteiger partial charge in [-0.2, -0.15) is 0 Å². The van der Waals surface area contributed by atoms with Gasteiger partial charge in [0.05, 0.1) is 24.6 Å². The fourth-order valence-corrected chi connectivity index (χ4v) is 3.98. The fourth-order valence-electron chi connectivity index (χ4n) is 3.98. The first kappa shape index (κ1) is 19.8. The zero-order valence-corrected chi connectivity index (χ0v) is 17.5. The minimum absolute atomic E-state index is 0.645. The maximum absolute atomic E-state index is 5.87. The minimum Gasteiger partial charge on any atom is -0.494 e. The molecule has 0 aliphatic carbocycles. The van der Waals surface area contributed by atoms with Crippen LogP contribution in [0.2, 0.25) is 0 Å². The van der Waals surface area contributed by atoms with Crippen LogP contribution in [0.5, 0.6) is 11.5 Å². The Bertz CT molecular complexity index is 881. The molecule has 29 heavy (non-hydrogen) atoms. The Morgan fingerprint density at radius 2 is 1.97 bits per heavy atom. The van der Waals surface area contributed by atoms with Gasteiger partial charge < -0.3 is 9.47 Å². The average molecular weight is 395 g/mol. The molecule has 0 spiro atoms. The maximum Gasteiger partial charge on any atom is 0.173 e. The van der Waals surface area contributed by atoms with Crippen LogP contribution in [0.15, 0.2) is 29.4 Å². The molecule has 1 aromatic carbocycles. The van der Waals surface area contributed by atoms with Crippen molar-refractivity contribution in [3.05, 3.63) is 47.0 Å². The van der Waals surface area contributed by atoms with Gasteiger partial charge in [-0.3, -0.25) is 9.89 Å². The van der Waals surface area contributed by atoms with E-state index in [-0.39, 0.29) is 0 Å². The van der Waals surface area contributed by atoms with Gasteiger partial charge >= 0.3 is 0 Å². The van der Waals surface area contributed by atoms with Crippen molar-refractivity contribution in [1.82, 2.24) is 14.9 Å². The third kappa shape index (κ3) is 4.75. The van der Waals surface area contributed by atoms with Crippen LogP contribution in [0.3, 0.4) is 0 Å². The molecule has 0 fully saturated rings. The highest BCUT2D eigenvalue weighted by atomic mass is 16.5. The number of hydrogen-bond acceptors (Lipinski definition) is 6. The van der Waals surface area contributed by atoms with E-state index in [2.05, 4.69) is 20.9 Å². The molecule has 0 N–H and O–H groups in total. The number of aliphatic imine (C=N–C) groups is 1. The number of ether oxygens (including phenoxy) is 2. The van der Waals surface area contributed by atoms with E-state index in [0.717, 1.165) is 62.1 Å². The Kier molecular flexibility index (Phi) is 6.39. The van der Waals surface area contributed by atoms with E-state index in [1.165, 1.54) is 29.7 Å². The second kappa shape index (κ2) is 9.35. The highest BCUT2D eigenvalue weighted by molar-refractivity contribution is 5.97. The predicted octanol–water partition coefficient (Wildman–Crippen LogP) is 3.81. The van der Waals surface area contributed by atoms with Crippen LogP contribution in [0.25, 0.3) is 0 Å². The summed E-state index contributed by atoms with van der Waals surface area (Å²) in [6, 6.07) is 6.15. The second-order valence-electron chi connectivity index (χ2n) is 7.55. The first-order valence-electron chi connectivity index (χ1n) is 10.8. The standard InChI is InChI=1S/C23H30N4O2/c1-3-28-19-9-8-17(22(13-19)29-4-2)15-27-12-10-20-18(16-27)14-25-23(26-20)21-7-5-6-11-24-21/h8-9,13-14H,3-7,10-12,15-16H2,1-2H3. The largest absolute Gasteiger partial charge is 0.494 e. The molecule has 2 aliphatic heterocycles. The molecular weight excluding hydrogens is 364 g/mol.